The van der Waals surface area contributed by atoms with E-state index in [9.17, 15) is 0 Å². The van der Waals surface area contributed by atoms with E-state index < -0.39 is 0 Å². The molecule has 0 aliphatic rings. The molecule has 2 aromatic carbocycles. The van der Waals surface area contributed by atoms with Gasteiger partial charge in [-0.1, -0.05) is 36.4 Å². The molecule has 0 radical (unpaired) electrons. The highest BCUT2D eigenvalue weighted by atomic mass is 16.5. The summed E-state index contributed by atoms with van der Waals surface area (Å²) in [6, 6.07) is 16.7. The molecule has 3 aromatic heterocycles. The number of benzene rings is 2. The van der Waals surface area contributed by atoms with Crippen molar-refractivity contribution in [3.63, 3.8) is 0 Å². The van der Waals surface area contributed by atoms with Crippen molar-refractivity contribution in [3.05, 3.63) is 78.9 Å². The topological polar surface area (TPSA) is 87.1 Å². The van der Waals surface area contributed by atoms with E-state index in [0.29, 0.717) is 12.5 Å². The van der Waals surface area contributed by atoms with Gasteiger partial charge >= 0.3 is 0 Å². The van der Waals surface area contributed by atoms with Gasteiger partial charge in [0.1, 0.15) is 6.61 Å². The van der Waals surface area contributed by atoms with Crippen LogP contribution in [0.5, 0.6) is 5.88 Å². The number of likely N-dealkylation sites (N-methyl/N-ethyl adjacent to an activating group) is 1. The quantitative estimate of drug-likeness (QED) is 0.397. The van der Waals surface area contributed by atoms with Crippen LogP contribution in [0.25, 0.3) is 38.7 Å². The van der Waals surface area contributed by atoms with Crippen LogP contribution in [0.2, 0.25) is 0 Å². The third-order valence-corrected chi connectivity index (χ3v) is 5.65. The SMILES string of the molecule is Cc1ccc(-c2cnn3cc(-c4ccc(OCCN(C)C)nc4)cnc23)c2ccccc12.O. The van der Waals surface area contributed by atoms with Gasteiger partial charge in [-0.15, -0.1) is 0 Å². The first-order valence-corrected chi connectivity index (χ1v) is 10.7. The molecule has 0 aliphatic heterocycles. The fourth-order valence-corrected chi connectivity index (χ4v) is 3.87. The number of fused-ring (bicyclic) bond motifs is 2. The number of pyridine rings is 1. The predicted molar refractivity (Wildman–Crippen MR) is 132 cm³/mol. The lowest BCUT2D eigenvalue weighted by Gasteiger charge is -2.10. The van der Waals surface area contributed by atoms with Gasteiger partial charge in [0.2, 0.25) is 5.88 Å². The zero-order chi connectivity index (χ0) is 22.1. The van der Waals surface area contributed by atoms with E-state index in [2.05, 4.69) is 58.3 Å². The number of rotatable bonds is 6. The van der Waals surface area contributed by atoms with Crippen molar-refractivity contribution in [1.82, 2.24) is 24.5 Å². The van der Waals surface area contributed by atoms with Crippen molar-refractivity contribution in [1.29, 1.82) is 0 Å². The Balaban J connectivity index is 0.00000259. The van der Waals surface area contributed by atoms with Gasteiger partial charge in [-0.2, -0.15) is 5.10 Å². The third-order valence-electron chi connectivity index (χ3n) is 5.65. The summed E-state index contributed by atoms with van der Waals surface area (Å²) < 4.78 is 7.52. The number of hydrogen-bond donors (Lipinski definition) is 0. The second kappa shape index (κ2) is 9.36. The zero-order valence-electron chi connectivity index (χ0n) is 19.0. The largest absolute Gasteiger partial charge is 0.476 e. The first-order valence-electron chi connectivity index (χ1n) is 10.7. The van der Waals surface area contributed by atoms with E-state index in [1.165, 1.54) is 16.3 Å². The minimum absolute atomic E-state index is 0. The molecule has 5 rings (SSSR count). The van der Waals surface area contributed by atoms with Crippen LogP contribution in [0.3, 0.4) is 0 Å². The molecule has 0 fully saturated rings. The molecular formula is C26H27N5O2. The molecule has 33 heavy (non-hydrogen) atoms. The highest BCUT2D eigenvalue weighted by Crippen LogP contribution is 2.33. The van der Waals surface area contributed by atoms with E-state index in [-0.39, 0.29) is 5.48 Å². The summed E-state index contributed by atoms with van der Waals surface area (Å²) in [5, 5.41) is 7.05. The highest BCUT2D eigenvalue weighted by molar-refractivity contribution is 6.01. The van der Waals surface area contributed by atoms with Gasteiger partial charge in [0.15, 0.2) is 5.65 Å². The van der Waals surface area contributed by atoms with Crippen molar-refractivity contribution in [3.8, 4) is 28.1 Å². The Morgan fingerprint density at radius 3 is 2.39 bits per heavy atom. The fraction of sp³-hybridized carbons (Fsp3) is 0.192. The average Bonchev–Trinajstić information content (AvgIpc) is 3.23. The van der Waals surface area contributed by atoms with Crippen LogP contribution < -0.4 is 4.74 Å². The molecule has 0 bridgehead atoms. The molecule has 168 valence electrons. The molecule has 5 aromatic rings. The van der Waals surface area contributed by atoms with Crippen LogP contribution in [0.4, 0.5) is 0 Å². The van der Waals surface area contributed by atoms with Crippen LogP contribution in [-0.4, -0.2) is 57.2 Å². The van der Waals surface area contributed by atoms with E-state index in [0.717, 1.165) is 34.4 Å². The van der Waals surface area contributed by atoms with Crippen LogP contribution in [0, 0.1) is 6.92 Å². The Bertz CT molecular complexity index is 1390. The van der Waals surface area contributed by atoms with Gasteiger partial charge in [0, 0.05) is 47.9 Å². The molecular weight excluding hydrogens is 414 g/mol. The first-order chi connectivity index (χ1) is 15.6. The van der Waals surface area contributed by atoms with E-state index in [1.807, 2.05) is 55.5 Å². The fourth-order valence-electron chi connectivity index (χ4n) is 3.87. The van der Waals surface area contributed by atoms with Crippen molar-refractivity contribution in [2.24, 2.45) is 0 Å². The smallest absolute Gasteiger partial charge is 0.213 e. The molecule has 0 unspecified atom stereocenters. The Morgan fingerprint density at radius 1 is 0.848 bits per heavy atom. The summed E-state index contributed by atoms with van der Waals surface area (Å²) in [5.74, 6) is 0.622. The highest BCUT2D eigenvalue weighted by Gasteiger charge is 2.13. The number of hydrogen-bond acceptors (Lipinski definition) is 5. The van der Waals surface area contributed by atoms with Crippen molar-refractivity contribution in [2.75, 3.05) is 27.2 Å². The number of aromatic nitrogens is 4. The Labute approximate surface area is 192 Å². The summed E-state index contributed by atoms with van der Waals surface area (Å²) in [5.41, 5.74) is 6.18. The summed E-state index contributed by atoms with van der Waals surface area (Å²) in [7, 11) is 4.04. The number of nitrogens with zero attached hydrogens (tertiary/aromatic N) is 5. The molecule has 7 heteroatoms. The zero-order valence-corrected chi connectivity index (χ0v) is 19.0. The third kappa shape index (κ3) is 4.41. The monoisotopic (exact) mass is 441 g/mol. The van der Waals surface area contributed by atoms with Crippen molar-refractivity contribution in [2.45, 2.75) is 6.92 Å². The van der Waals surface area contributed by atoms with Gasteiger partial charge in [0.05, 0.1) is 6.20 Å². The molecule has 7 nitrogen and oxygen atoms in total. The Kier molecular flexibility index (Phi) is 6.35. The van der Waals surface area contributed by atoms with Gasteiger partial charge < -0.3 is 15.1 Å². The summed E-state index contributed by atoms with van der Waals surface area (Å²) in [4.78, 5) is 11.3. The number of aryl methyl sites for hydroxylation is 1. The molecule has 0 amide bonds. The molecule has 3 heterocycles. The Morgan fingerprint density at radius 2 is 1.64 bits per heavy atom. The normalized spacial score (nSPS) is 11.2. The van der Waals surface area contributed by atoms with Gasteiger partial charge in [0.25, 0.3) is 0 Å². The van der Waals surface area contributed by atoms with Crippen LogP contribution in [-0.2, 0) is 0 Å². The predicted octanol–water partition coefficient (Wildman–Crippen LogP) is 4.04. The van der Waals surface area contributed by atoms with Gasteiger partial charge in [-0.25, -0.2) is 14.5 Å². The van der Waals surface area contributed by atoms with E-state index in [4.69, 9.17) is 9.72 Å². The lowest BCUT2D eigenvalue weighted by Crippen LogP contribution is -2.19. The Hall–Kier alpha value is -3.81. The minimum Gasteiger partial charge on any atom is -0.476 e. The van der Waals surface area contributed by atoms with Gasteiger partial charge in [-0.05, 0) is 49.0 Å². The summed E-state index contributed by atoms with van der Waals surface area (Å²) in [6.45, 7) is 3.60. The maximum absolute atomic E-state index is 5.69. The lowest BCUT2D eigenvalue weighted by atomic mass is 9.97. The standard InChI is InChI=1S/C26H25N5O.H2O/c1-18-8-10-23(22-7-5-4-6-21(18)22)24-16-29-31-17-20(15-28-26(24)31)19-9-11-25(27-14-19)32-13-12-30(2)3;/h4-11,14-17H,12-13H2,1-3H3;1H2. The summed E-state index contributed by atoms with van der Waals surface area (Å²) >= 11 is 0. The van der Waals surface area contributed by atoms with Crippen molar-refractivity contribution >= 4 is 16.4 Å². The van der Waals surface area contributed by atoms with E-state index in [1.54, 1.807) is 0 Å². The first kappa shape index (κ1) is 22.4. The second-order valence-corrected chi connectivity index (χ2v) is 8.18. The van der Waals surface area contributed by atoms with Crippen LogP contribution in [0.1, 0.15) is 5.56 Å². The maximum atomic E-state index is 5.69. The van der Waals surface area contributed by atoms with E-state index >= 15 is 0 Å². The maximum Gasteiger partial charge on any atom is 0.213 e. The molecule has 0 saturated carbocycles. The van der Waals surface area contributed by atoms with Crippen molar-refractivity contribution < 1.29 is 10.2 Å². The minimum atomic E-state index is 0. The molecule has 0 aliphatic carbocycles. The van der Waals surface area contributed by atoms with Crippen LogP contribution >= 0.6 is 0 Å². The van der Waals surface area contributed by atoms with Crippen LogP contribution in [0.15, 0.2) is 73.3 Å². The average molecular weight is 442 g/mol. The molecule has 0 atom stereocenters. The molecule has 0 saturated heterocycles. The second-order valence-electron chi connectivity index (χ2n) is 8.18. The summed E-state index contributed by atoms with van der Waals surface area (Å²) in [6.07, 6.45) is 7.57. The van der Waals surface area contributed by atoms with Gasteiger partial charge in [-0.3, -0.25) is 0 Å². The number of ether oxygens (including phenoxy) is 1. The molecule has 0 spiro atoms. The lowest BCUT2D eigenvalue weighted by molar-refractivity contribution is 0.254. The molecule has 2 N–H and O–H groups in total.